The minimum atomic E-state index is 0.456. The molecule has 1 heteroatoms. The topological polar surface area (TPSA) is 0 Å². The summed E-state index contributed by atoms with van der Waals surface area (Å²) in [6, 6.07) is 28.3. The lowest BCUT2D eigenvalue weighted by atomic mass is 9.69. The van der Waals surface area contributed by atoms with Gasteiger partial charge in [0.15, 0.2) is 0 Å². The van der Waals surface area contributed by atoms with Crippen LogP contribution in [0, 0.1) is 17.8 Å². The highest BCUT2D eigenvalue weighted by molar-refractivity contribution is 7.31. The van der Waals surface area contributed by atoms with Gasteiger partial charge in [0.25, 0.3) is 0 Å². The first-order valence-corrected chi connectivity index (χ1v) is 25.1. The fourth-order valence-electron chi connectivity index (χ4n) is 10.6. The zero-order valence-corrected chi connectivity index (χ0v) is 42.5. The van der Waals surface area contributed by atoms with E-state index in [4.69, 9.17) is 0 Å². The normalized spacial score (nSPS) is 15.6. The third kappa shape index (κ3) is 10.7. The van der Waals surface area contributed by atoms with Crippen LogP contribution < -0.4 is 0 Å². The van der Waals surface area contributed by atoms with Crippen LogP contribution in [0.1, 0.15) is 176 Å². The molecule has 4 aromatic rings. The molecule has 0 bridgehead atoms. The number of aryl methyl sites for hydroxylation is 8. The Morgan fingerprint density at radius 1 is 0.581 bits per heavy atom. The van der Waals surface area contributed by atoms with Crippen molar-refractivity contribution < 1.29 is 0 Å². The summed E-state index contributed by atoms with van der Waals surface area (Å²) < 4.78 is 0. The highest BCUT2D eigenvalue weighted by Crippen LogP contribution is 2.46. The van der Waals surface area contributed by atoms with Crippen molar-refractivity contribution in [2.24, 2.45) is 17.8 Å². The smallest absolute Gasteiger partial charge is 0.00454 e. The molecule has 3 unspecified atom stereocenters. The van der Waals surface area contributed by atoms with E-state index in [0.29, 0.717) is 17.8 Å². The maximum absolute atomic E-state index is 4.28. The number of hydrogen-bond donors (Lipinski definition) is 0. The molecule has 0 heterocycles. The third-order valence-corrected chi connectivity index (χ3v) is 15.5. The van der Waals surface area contributed by atoms with Gasteiger partial charge in [-0.25, -0.2) is 0 Å². The summed E-state index contributed by atoms with van der Waals surface area (Å²) in [6.45, 7) is 34.4. The number of allylic oxidation sites excluding steroid dienone is 8. The molecular weight excluding hydrogens is 764 g/mol. The minimum absolute atomic E-state index is 0.456. The molecule has 6 rings (SSSR count). The van der Waals surface area contributed by atoms with Crippen LogP contribution >= 0.6 is 9.24 Å². The van der Waals surface area contributed by atoms with E-state index in [0.717, 1.165) is 57.8 Å². The Kier molecular flexibility index (Phi) is 17.9. The molecule has 0 amide bonds. The van der Waals surface area contributed by atoms with E-state index in [1.54, 1.807) is 11.1 Å². The van der Waals surface area contributed by atoms with Crippen LogP contribution in [0.5, 0.6) is 0 Å². The molecule has 0 radical (unpaired) electrons. The molecule has 2 aliphatic rings. The van der Waals surface area contributed by atoms with Gasteiger partial charge in [-0.2, -0.15) is 0 Å². The Morgan fingerprint density at radius 3 is 1.55 bits per heavy atom. The van der Waals surface area contributed by atoms with Gasteiger partial charge >= 0.3 is 0 Å². The summed E-state index contributed by atoms with van der Waals surface area (Å²) >= 11 is 0. The molecule has 0 saturated heterocycles. The van der Waals surface area contributed by atoms with Gasteiger partial charge in [0.2, 0.25) is 0 Å². The minimum Gasteiger partial charge on any atom is -0.105 e. The fraction of sp³-hybridized carbons (Fsp3) is 0.443. The monoisotopic (exact) mass is 845 g/mol. The van der Waals surface area contributed by atoms with E-state index < -0.39 is 0 Å². The number of hydrogen-bond acceptors (Lipinski definition) is 0. The first-order valence-electron chi connectivity index (χ1n) is 24.5. The molecule has 0 aliphatic heterocycles. The average molecular weight is 845 g/mol. The second kappa shape index (κ2) is 22.6. The Hall–Kier alpha value is -3.99. The lowest BCUT2D eigenvalue weighted by molar-refractivity contribution is 0.474. The van der Waals surface area contributed by atoms with Crippen LogP contribution in [0.25, 0.3) is 22.0 Å². The molecule has 0 saturated carbocycles. The molecule has 2 aliphatic carbocycles. The molecule has 3 atom stereocenters. The van der Waals surface area contributed by atoms with Gasteiger partial charge in [0.05, 0.1) is 0 Å². The number of fused-ring (bicyclic) bond motifs is 2. The zero-order valence-electron chi connectivity index (χ0n) is 41.3. The van der Waals surface area contributed by atoms with Crippen LogP contribution in [0.3, 0.4) is 0 Å². The summed E-state index contributed by atoms with van der Waals surface area (Å²) in [6.07, 6.45) is 14.4. The van der Waals surface area contributed by atoms with Crippen LogP contribution in [-0.2, 0) is 51.4 Å². The molecule has 330 valence electrons. The largest absolute Gasteiger partial charge is 0.105 e. The summed E-state index contributed by atoms with van der Waals surface area (Å²) in [4.78, 5) is 0. The predicted octanol–water partition coefficient (Wildman–Crippen LogP) is 17.5. The summed E-state index contributed by atoms with van der Waals surface area (Å²) in [5.41, 5.74) is 28.1. The Bertz CT molecular complexity index is 2270. The maximum Gasteiger partial charge on any atom is 0.00454 e. The van der Waals surface area contributed by atoms with Crippen LogP contribution in [0.15, 0.2) is 108 Å². The molecule has 0 aromatic heterocycles. The van der Waals surface area contributed by atoms with E-state index in [1.165, 1.54) is 113 Å². The standard InChI is InChI=1S/C31H38.C30H43P/c1-7-22-10-12-24-14-16-27(21(6)29(24)18-22)31(20(4)5)28-17-15-25-13-11-23(8-2)19-30(25)26(28)9-3;1-9-23-14-16-25(11-3)28(18-23)21(7)20(6)27(13-5)22(8)30(31)29-19-24(10-2)15-17-26(29)12-4/h9-13,18-20,31H,3,7-8,14-17H2,1-2,4-6H3;14-19,27H,9-13,31H2,1-8H3/b;21-20+,30-22-. The molecule has 4 aromatic carbocycles. The van der Waals surface area contributed by atoms with E-state index in [-0.39, 0.29) is 0 Å². The lowest BCUT2D eigenvalue weighted by Gasteiger charge is -2.36. The van der Waals surface area contributed by atoms with Gasteiger partial charge in [-0.05, 0) is 193 Å². The first-order chi connectivity index (χ1) is 29.8. The van der Waals surface area contributed by atoms with E-state index in [2.05, 4.69) is 185 Å². The summed E-state index contributed by atoms with van der Waals surface area (Å²) in [5.74, 6) is 1.55. The van der Waals surface area contributed by atoms with Crippen molar-refractivity contribution in [1.82, 2.24) is 0 Å². The second-order valence-corrected chi connectivity index (χ2v) is 19.0. The molecule has 0 spiro atoms. The van der Waals surface area contributed by atoms with Gasteiger partial charge in [0.1, 0.15) is 0 Å². The Labute approximate surface area is 382 Å². The molecule has 0 nitrogen and oxygen atoms in total. The quantitative estimate of drug-likeness (QED) is 0.105. The Morgan fingerprint density at radius 2 is 1.05 bits per heavy atom. The van der Waals surface area contributed by atoms with Gasteiger partial charge in [-0.3, -0.25) is 0 Å². The third-order valence-electron chi connectivity index (χ3n) is 14.7. The molecule has 0 N–H and O–H groups in total. The lowest BCUT2D eigenvalue weighted by Crippen LogP contribution is -2.22. The van der Waals surface area contributed by atoms with Crippen molar-refractivity contribution in [3.63, 3.8) is 0 Å². The van der Waals surface area contributed by atoms with Crippen molar-refractivity contribution in [2.45, 2.75) is 161 Å². The van der Waals surface area contributed by atoms with E-state index >= 15 is 0 Å². The molecule has 0 fully saturated rings. The second-order valence-electron chi connectivity index (χ2n) is 18.5. The van der Waals surface area contributed by atoms with Crippen molar-refractivity contribution in [1.29, 1.82) is 0 Å². The van der Waals surface area contributed by atoms with E-state index in [1.807, 2.05) is 0 Å². The van der Waals surface area contributed by atoms with Crippen molar-refractivity contribution in [3.8, 4) is 0 Å². The van der Waals surface area contributed by atoms with Crippen LogP contribution in [0.4, 0.5) is 0 Å². The van der Waals surface area contributed by atoms with Gasteiger partial charge in [-0.15, -0.1) is 9.24 Å². The van der Waals surface area contributed by atoms with Crippen LogP contribution in [-0.4, -0.2) is 0 Å². The number of benzene rings is 4. The van der Waals surface area contributed by atoms with Gasteiger partial charge < -0.3 is 0 Å². The maximum atomic E-state index is 4.28. The summed E-state index contributed by atoms with van der Waals surface area (Å²) in [7, 11) is 3.09. The number of rotatable bonds is 15. The SMILES string of the molecule is C=CC1=C(C(C2=C(C)c3cc(CC)ccc3CC2)C(C)C)CCc2ccc(CC)cc21.CCc1ccc(CC)c(/C(P)=C(\C)C(CC)/C(C)=C(\C)c2cc(CC)ccc2CC)c1. The summed E-state index contributed by atoms with van der Waals surface area (Å²) in [5, 5.41) is 1.38. The molecular formula is C61H81P. The van der Waals surface area contributed by atoms with Gasteiger partial charge in [0, 0.05) is 11.8 Å². The Balaban J connectivity index is 0.000000234. The fourth-order valence-corrected chi connectivity index (χ4v) is 11.1. The van der Waals surface area contributed by atoms with Crippen molar-refractivity contribution in [2.75, 3.05) is 0 Å². The van der Waals surface area contributed by atoms with Crippen LogP contribution in [0.2, 0.25) is 0 Å². The highest BCUT2D eigenvalue weighted by Gasteiger charge is 2.31. The van der Waals surface area contributed by atoms with Crippen molar-refractivity contribution >= 4 is 31.3 Å². The van der Waals surface area contributed by atoms with Crippen molar-refractivity contribution in [3.05, 3.63) is 175 Å². The van der Waals surface area contributed by atoms with E-state index in [9.17, 15) is 0 Å². The first kappa shape index (κ1) is 49.0. The zero-order chi connectivity index (χ0) is 45.2. The van der Waals surface area contributed by atoms with Gasteiger partial charge in [-0.1, -0.05) is 170 Å². The predicted molar refractivity (Wildman–Crippen MR) is 281 cm³/mol. The molecule has 62 heavy (non-hydrogen) atoms. The highest BCUT2D eigenvalue weighted by atomic mass is 31.0. The average Bonchev–Trinajstić information content (AvgIpc) is 3.31.